The molecule has 0 aliphatic heterocycles. The number of fused-ring (bicyclic) bond motifs is 1. The van der Waals surface area contributed by atoms with Crippen LogP contribution < -0.4 is 10.9 Å². The van der Waals surface area contributed by atoms with E-state index in [1.807, 2.05) is 31.2 Å². The average molecular weight is 357 g/mol. The van der Waals surface area contributed by atoms with E-state index in [1.165, 1.54) is 22.2 Å². The molecule has 1 aromatic carbocycles. The maximum absolute atomic E-state index is 12.7. The van der Waals surface area contributed by atoms with E-state index in [4.69, 9.17) is 4.74 Å². The van der Waals surface area contributed by atoms with Crippen LogP contribution in [0.5, 0.6) is 0 Å². The number of aryl methyl sites for hydroxylation is 2. The van der Waals surface area contributed by atoms with Crippen molar-refractivity contribution in [3.05, 3.63) is 57.0 Å². The van der Waals surface area contributed by atoms with E-state index in [0.29, 0.717) is 33.8 Å². The first-order valence-electron chi connectivity index (χ1n) is 7.87. The maximum atomic E-state index is 12.7. The summed E-state index contributed by atoms with van der Waals surface area (Å²) in [5.74, 6) is -0.224. The zero-order chi connectivity index (χ0) is 18.0. The lowest BCUT2D eigenvalue weighted by molar-refractivity contribution is 0.103. The van der Waals surface area contributed by atoms with Crippen LogP contribution in [0, 0.1) is 13.8 Å². The van der Waals surface area contributed by atoms with Crippen LogP contribution >= 0.6 is 11.3 Å². The molecule has 0 bridgehead atoms. The molecule has 130 valence electrons. The van der Waals surface area contributed by atoms with Crippen molar-refractivity contribution < 1.29 is 9.53 Å². The second-order valence-corrected chi connectivity index (χ2v) is 6.74. The molecule has 1 N–H and O–H groups in total. The van der Waals surface area contributed by atoms with Gasteiger partial charge in [-0.1, -0.05) is 18.2 Å². The molecule has 0 aliphatic rings. The van der Waals surface area contributed by atoms with E-state index in [0.717, 1.165) is 11.3 Å². The molecule has 1 amide bonds. The second kappa shape index (κ2) is 7.16. The summed E-state index contributed by atoms with van der Waals surface area (Å²) >= 11 is 1.24. The lowest BCUT2D eigenvalue weighted by Crippen LogP contribution is -2.22. The molecule has 0 saturated heterocycles. The summed E-state index contributed by atoms with van der Waals surface area (Å²) in [6, 6.07) is 7.58. The van der Waals surface area contributed by atoms with E-state index in [-0.39, 0.29) is 11.5 Å². The number of nitrogens with zero attached hydrogens (tertiary/aromatic N) is 2. The van der Waals surface area contributed by atoms with Crippen LogP contribution in [0.15, 0.2) is 35.4 Å². The van der Waals surface area contributed by atoms with Crippen molar-refractivity contribution in [2.75, 3.05) is 19.0 Å². The van der Waals surface area contributed by atoms with Crippen molar-refractivity contribution in [1.29, 1.82) is 0 Å². The van der Waals surface area contributed by atoms with Crippen LogP contribution in [0.4, 0.5) is 5.69 Å². The Bertz CT molecular complexity index is 991. The molecule has 0 fully saturated rings. The molecule has 6 nitrogen and oxygen atoms in total. The summed E-state index contributed by atoms with van der Waals surface area (Å²) in [6.45, 7) is 4.58. The van der Waals surface area contributed by atoms with E-state index in [2.05, 4.69) is 10.3 Å². The molecule has 0 unspecified atom stereocenters. The predicted octanol–water partition coefficient (Wildman–Crippen LogP) is 2.97. The molecule has 3 aromatic rings. The van der Waals surface area contributed by atoms with Crippen LogP contribution in [-0.4, -0.2) is 29.2 Å². The fraction of sp³-hybridized carbons (Fsp3) is 0.278. The minimum absolute atomic E-state index is 0.147. The summed E-state index contributed by atoms with van der Waals surface area (Å²) in [4.78, 5) is 30.7. The van der Waals surface area contributed by atoms with Gasteiger partial charge in [-0.3, -0.25) is 14.2 Å². The predicted molar refractivity (Wildman–Crippen MR) is 99.6 cm³/mol. The molecule has 0 saturated carbocycles. The number of nitrogens with one attached hydrogen (secondary N) is 1. The van der Waals surface area contributed by atoms with Crippen LogP contribution in [0.2, 0.25) is 0 Å². The number of para-hydroxylation sites is 1. The fourth-order valence-corrected chi connectivity index (χ4v) is 3.65. The second-order valence-electron chi connectivity index (χ2n) is 5.74. The standard InChI is InChI=1S/C18H19N3O3S/c1-11-6-4-5-7-13(11)20-16(22)15-12(2)14-17(25-15)19-10-21(18(14)23)8-9-24-3/h4-7,10H,8-9H2,1-3H3,(H,20,22). The highest BCUT2D eigenvalue weighted by Gasteiger charge is 2.19. The van der Waals surface area contributed by atoms with Crippen LogP contribution in [0.1, 0.15) is 20.8 Å². The van der Waals surface area contributed by atoms with Gasteiger partial charge in [0.2, 0.25) is 0 Å². The number of rotatable bonds is 5. The topological polar surface area (TPSA) is 73.2 Å². The lowest BCUT2D eigenvalue weighted by atomic mass is 10.2. The molecule has 0 aliphatic carbocycles. The van der Waals surface area contributed by atoms with Gasteiger partial charge in [0.1, 0.15) is 4.83 Å². The Balaban J connectivity index is 1.99. The van der Waals surface area contributed by atoms with Gasteiger partial charge in [0, 0.05) is 12.8 Å². The number of carbonyl (C=O) groups is 1. The van der Waals surface area contributed by atoms with Crippen LogP contribution in [0.25, 0.3) is 10.2 Å². The Labute approximate surface area is 149 Å². The Kier molecular flexibility index (Phi) is 4.96. The fourth-order valence-electron chi connectivity index (χ4n) is 2.62. The molecule has 3 rings (SSSR count). The highest BCUT2D eigenvalue weighted by molar-refractivity contribution is 7.20. The molecule has 0 atom stereocenters. The summed E-state index contributed by atoms with van der Waals surface area (Å²) in [5, 5.41) is 3.41. The van der Waals surface area contributed by atoms with Gasteiger partial charge in [-0.05, 0) is 31.0 Å². The van der Waals surface area contributed by atoms with Gasteiger partial charge in [0.25, 0.3) is 11.5 Å². The van der Waals surface area contributed by atoms with Gasteiger partial charge < -0.3 is 10.1 Å². The van der Waals surface area contributed by atoms with Crippen molar-refractivity contribution in [2.45, 2.75) is 20.4 Å². The first kappa shape index (κ1) is 17.3. The number of amides is 1. The Hall–Kier alpha value is -2.51. The van der Waals surface area contributed by atoms with E-state index >= 15 is 0 Å². The first-order valence-corrected chi connectivity index (χ1v) is 8.69. The minimum Gasteiger partial charge on any atom is -0.383 e. The van der Waals surface area contributed by atoms with Crippen molar-refractivity contribution in [3.63, 3.8) is 0 Å². The van der Waals surface area contributed by atoms with Gasteiger partial charge in [-0.25, -0.2) is 4.98 Å². The van der Waals surface area contributed by atoms with Crippen molar-refractivity contribution in [2.24, 2.45) is 0 Å². The average Bonchev–Trinajstić information content (AvgIpc) is 2.94. The third-order valence-electron chi connectivity index (χ3n) is 4.05. The first-order chi connectivity index (χ1) is 12.0. The van der Waals surface area contributed by atoms with Gasteiger partial charge in [-0.15, -0.1) is 11.3 Å². The normalized spacial score (nSPS) is 11.0. The number of hydrogen-bond donors (Lipinski definition) is 1. The number of methoxy groups -OCH3 is 1. The Morgan fingerprint density at radius 3 is 2.80 bits per heavy atom. The summed E-state index contributed by atoms with van der Waals surface area (Å²) in [6.07, 6.45) is 1.50. The number of thiophene rings is 1. The number of carbonyl (C=O) groups excluding carboxylic acids is 1. The van der Waals surface area contributed by atoms with Gasteiger partial charge in [0.15, 0.2) is 0 Å². The van der Waals surface area contributed by atoms with E-state index in [9.17, 15) is 9.59 Å². The molecular weight excluding hydrogens is 338 g/mol. The smallest absolute Gasteiger partial charge is 0.266 e. The van der Waals surface area contributed by atoms with Gasteiger partial charge >= 0.3 is 0 Å². The molecule has 2 aromatic heterocycles. The summed E-state index contributed by atoms with van der Waals surface area (Å²) < 4.78 is 6.52. The third-order valence-corrected chi connectivity index (χ3v) is 5.25. The number of ether oxygens (including phenoxy) is 1. The molecule has 0 radical (unpaired) electrons. The van der Waals surface area contributed by atoms with E-state index in [1.54, 1.807) is 14.0 Å². The van der Waals surface area contributed by atoms with Crippen molar-refractivity contribution >= 4 is 33.1 Å². The van der Waals surface area contributed by atoms with Crippen LogP contribution in [0.3, 0.4) is 0 Å². The number of anilines is 1. The highest BCUT2D eigenvalue weighted by Crippen LogP contribution is 2.28. The highest BCUT2D eigenvalue weighted by atomic mass is 32.1. The molecule has 25 heavy (non-hydrogen) atoms. The van der Waals surface area contributed by atoms with Gasteiger partial charge in [0.05, 0.1) is 29.7 Å². The summed E-state index contributed by atoms with van der Waals surface area (Å²) in [7, 11) is 1.58. The van der Waals surface area contributed by atoms with Gasteiger partial charge in [-0.2, -0.15) is 0 Å². The molecule has 7 heteroatoms. The zero-order valence-corrected chi connectivity index (χ0v) is 15.1. The molecule has 2 heterocycles. The SMILES string of the molecule is COCCn1cnc2sc(C(=O)Nc3ccccc3C)c(C)c2c1=O. The number of aromatic nitrogens is 2. The van der Waals surface area contributed by atoms with Crippen LogP contribution in [-0.2, 0) is 11.3 Å². The minimum atomic E-state index is -0.224. The number of hydrogen-bond acceptors (Lipinski definition) is 5. The maximum Gasteiger partial charge on any atom is 0.266 e. The zero-order valence-electron chi connectivity index (χ0n) is 14.3. The Morgan fingerprint density at radius 2 is 2.08 bits per heavy atom. The monoisotopic (exact) mass is 357 g/mol. The third kappa shape index (κ3) is 3.33. The van der Waals surface area contributed by atoms with E-state index < -0.39 is 0 Å². The van der Waals surface area contributed by atoms with Crippen molar-refractivity contribution in [1.82, 2.24) is 9.55 Å². The lowest BCUT2D eigenvalue weighted by Gasteiger charge is -2.07. The summed E-state index contributed by atoms with van der Waals surface area (Å²) in [5.41, 5.74) is 2.26. The largest absolute Gasteiger partial charge is 0.383 e. The number of benzene rings is 1. The molecule has 0 spiro atoms. The van der Waals surface area contributed by atoms with Crippen molar-refractivity contribution in [3.8, 4) is 0 Å². The quantitative estimate of drug-likeness (QED) is 0.762. The Morgan fingerprint density at radius 1 is 1.32 bits per heavy atom. The molecular formula is C18H19N3O3S.